The van der Waals surface area contributed by atoms with Crippen LogP contribution in [0.4, 0.5) is 5.69 Å². The number of nitrogens with zero attached hydrogens (tertiary/aromatic N) is 3. The molecule has 2 aromatic carbocycles. The van der Waals surface area contributed by atoms with Gasteiger partial charge in [0, 0.05) is 23.1 Å². The van der Waals surface area contributed by atoms with Crippen molar-refractivity contribution in [1.82, 2.24) is 4.98 Å². The molecule has 7 heteroatoms. The molecule has 0 radical (unpaired) electrons. The molecular formula is C21H15N3O3S. The first-order valence-electron chi connectivity index (χ1n) is 8.24. The summed E-state index contributed by atoms with van der Waals surface area (Å²) < 4.78 is 5.23. The number of nitriles is 1. The van der Waals surface area contributed by atoms with Crippen LogP contribution in [0.2, 0.25) is 0 Å². The van der Waals surface area contributed by atoms with E-state index in [4.69, 9.17) is 4.74 Å². The standard InChI is InChI=1S/C21H15N3O3S/c1-27-19-7-3-5-16(12-19)20-14-28-21(23-20)17(13-22)6-2-4-15-8-10-18(11-9-15)24(25)26/h2-12,14H,1H3/b4-2+,17-6-. The maximum atomic E-state index is 10.7. The number of hydrogen-bond acceptors (Lipinski definition) is 6. The highest BCUT2D eigenvalue weighted by molar-refractivity contribution is 7.11. The van der Waals surface area contributed by atoms with Gasteiger partial charge in [0.05, 0.1) is 23.3 Å². The molecule has 0 aliphatic carbocycles. The van der Waals surface area contributed by atoms with Crippen molar-refractivity contribution in [2.75, 3.05) is 7.11 Å². The lowest BCUT2D eigenvalue weighted by Crippen LogP contribution is -1.86. The molecule has 0 unspecified atom stereocenters. The predicted octanol–water partition coefficient (Wildman–Crippen LogP) is 5.35. The first kappa shape index (κ1) is 19.0. The van der Waals surface area contributed by atoms with Crippen molar-refractivity contribution in [2.24, 2.45) is 0 Å². The van der Waals surface area contributed by atoms with Crippen LogP contribution in [0.3, 0.4) is 0 Å². The van der Waals surface area contributed by atoms with Gasteiger partial charge in [0.1, 0.15) is 16.8 Å². The van der Waals surface area contributed by atoms with E-state index in [1.165, 1.54) is 23.5 Å². The lowest BCUT2D eigenvalue weighted by atomic mass is 10.1. The van der Waals surface area contributed by atoms with Gasteiger partial charge in [-0.25, -0.2) is 4.98 Å². The number of rotatable bonds is 6. The zero-order chi connectivity index (χ0) is 19.9. The van der Waals surface area contributed by atoms with Crippen LogP contribution in [-0.4, -0.2) is 17.0 Å². The Bertz CT molecular complexity index is 1090. The molecule has 1 aromatic heterocycles. The van der Waals surface area contributed by atoms with Crippen LogP contribution in [0.1, 0.15) is 10.6 Å². The Morgan fingerprint density at radius 3 is 2.75 bits per heavy atom. The first-order valence-corrected chi connectivity index (χ1v) is 9.12. The summed E-state index contributed by atoms with van der Waals surface area (Å²) >= 11 is 1.39. The minimum atomic E-state index is -0.441. The van der Waals surface area contributed by atoms with Gasteiger partial charge in [0.25, 0.3) is 5.69 Å². The van der Waals surface area contributed by atoms with E-state index in [1.54, 1.807) is 37.5 Å². The average Bonchev–Trinajstić information content (AvgIpc) is 3.21. The number of hydrogen-bond donors (Lipinski definition) is 0. The molecule has 0 amide bonds. The molecule has 0 saturated carbocycles. The van der Waals surface area contributed by atoms with Crippen LogP contribution in [-0.2, 0) is 0 Å². The molecule has 1 heterocycles. The predicted molar refractivity (Wildman–Crippen MR) is 110 cm³/mol. The molecule has 0 fully saturated rings. The van der Waals surface area contributed by atoms with Crippen LogP contribution in [0.5, 0.6) is 5.75 Å². The summed E-state index contributed by atoms with van der Waals surface area (Å²) in [6.45, 7) is 0. The molecule has 6 nitrogen and oxygen atoms in total. The third kappa shape index (κ3) is 4.50. The number of ether oxygens (including phenoxy) is 1. The van der Waals surface area contributed by atoms with E-state index < -0.39 is 4.92 Å². The van der Waals surface area contributed by atoms with Crippen LogP contribution in [0.15, 0.2) is 66.1 Å². The Labute approximate surface area is 165 Å². The van der Waals surface area contributed by atoms with E-state index in [0.29, 0.717) is 10.6 Å². The van der Waals surface area contributed by atoms with Gasteiger partial charge < -0.3 is 4.74 Å². The van der Waals surface area contributed by atoms with Crippen molar-refractivity contribution in [3.8, 4) is 23.1 Å². The molecule has 0 atom stereocenters. The highest BCUT2D eigenvalue weighted by Crippen LogP contribution is 2.28. The van der Waals surface area contributed by atoms with Gasteiger partial charge in [-0.3, -0.25) is 10.1 Å². The smallest absolute Gasteiger partial charge is 0.269 e. The highest BCUT2D eigenvalue weighted by atomic mass is 32.1. The maximum absolute atomic E-state index is 10.7. The van der Waals surface area contributed by atoms with E-state index in [0.717, 1.165) is 22.6 Å². The van der Waals surface area contributed by atoms with Crippen molar-refractivity contribution >= 4 is 28.7 Å². The Balaban J connectivity index is 1.78. The number of methoxy groups -OCH3 is 1. The second-order valence-corrected chi connectivity index (χ2v) is 6.53. The minimum Gasteiger partial charge on any atom is -0.497 e. The first-order chi connectivity index (χ1) is 13.6. The fourth-order valence-electron chi connectivity index (χ4n) is 2.43. The number of non-ortho nitro benzene ring substituents is 1. The van der Waals surface area contributed by atoms with Gasteiger partial charge in [0.2, 0.25) is 0 Å². The second-order valence-electron chi connectivity index (χ2n) is 5.67. The van der Waals surface area contributed by atoms with Crippen LogP contribution >= 0.6 is 11.3 Å². The zero-order valence-electron chi connectivity index (χ0n) is 14.9. The molecule has 0 spiro atoms. The fourth-order valence-corrected chi connectivity index (χ4v) is 3.24. The Hall–Kier alpha value is -3.76. The minimum absolute atomic E-state index is 0.0401. The molecule has 3 rings (SSSR count). The Morgan fingerprint density at radius 1 is 1.29 bits per heavy atom. The highest BCUT2D eigenvalue weighted by Gasteiger charge is 2.09. The summed E-state index contributed by atoms with van der Waals surface area (Å²) in [4.78, 5) is 14.8. The van der Waals surface area contributed by atoms with Gasteiger partial charge in [-0.1, -0.05) is 24.3 Å². The van der Waals surface area contributed by atoms with Crippen molar-refractivity contribution in [1.29, 1.82) is 5.26 Å². The van der Waals surface area contributed by atoms with Crippen molar-refractivity contribution < 1.29 is 9.66 Å². The normalized spacial score (nSPS) is 11.4. The van der Waals surface area contributed by atoms with E-state index >= 15 is 0 Å². The number of benzene rings is 2. The third-order valence-corrected chi connectivity index (χ3v) is 4.75. The van der Waals surface area contributed by atoms with E-state index in [1.807, 2.05) is 29.6 Å². The summed E-state index contributed by atoms with van der Waals surface area (Å²) in [6.07, 6.45) is 5.18. The number of aromatic nitrogens is 1. The maximum Gasteiger partial charge on any atom is 0.269 e. The molecule has 138 valence electrons. The number of nitro groups is 1. The zero-order valence-corrected chi connectivity index (χ0v) is 15.7. The summed E-state index contributed by atoms with van der Waals surface area (Å²) in [5.41, 5.74) is 2.98. The monoisotopic (exact) mass is 389 g/mol. The second kappa shape index (κ2) is 8.75. The summed E-state index contributed by atoms with van der Waals surface area (Å²) in [7, 11) is 1.61. The number of thiazole rings is 1. The Morgan fingerprint density at radius 2 is 2.07 bits per heavy atom. The van der Waals surface area contributed by atoms with E-state index in [9.17, 15) is 15.4 Å². The van der Waals surface area contributed by atoms with Crippen molar-refractivity contribution in [3.63, 3.8) is 0 Å². The largest absolute Gasteiger partial charge is 0.497 e. The van der Waals surface area contributed by atoms with Gasteiger partial charge in [0.15, 0.2) is 0 Å². The van der Waals surface area contributed by atoms with E-state index in [2.05, 4.69) is 11.1 Å². The lowest BCUT2D eigenvalue weighted by molar-refractivity contribution is -0.384. The summed E-state index contributed by atoms with van der Waals surface area (Å²) in [5.74, 6) is 0.745. The number of nitro benzene ring substituents is 1. The van der Waals surface area contributed by atoms with Gasteiger partial charge >= 0.3 is 0 Å². The van der Waals surface area contributed by atoms with Crippen molar-refractivity contribution in [3.05, 3.63) is 86.7 Å². The van der Waals surface area contributed by atoms with Gasteiger partial charge in [-0.2, -0.15) is 5.26 Å². The third-order valence-electron chi connectivity index (χ3n) is 3.88. The van der Waals surface area contributed by atoms with Gasteiger partial charge in [-0.15, -0.1) is 11.3 Å². The average molecular weight is 389 g/mol. The van der Waals surface area contributed by atoms with Gasteiger partial charge in [-0.05, 0) is 35.9 Å². The molecule has 0 saturated heterocycles. The number of allylic oxidation sites excluding steroid dienone is 3. The van der Waals surface area contributed by atoms with Crippen LogP contribution in [0, 0.1) is 21.4 Å². The molecule has 3 aromatic rings. The molecule has 0 N–H and O–H groups in total. The topological polar surface area (TPSA) is 89.0 Å². The van der Waals surface area contributed by atoms with Crippen molar-refractivity contribution in [2.45, 2.75) is 0 Å². The lowest BCUT2D eigenvalue weighted by Gasteiger charge is -2.01. The fraction of sp³-hybridized carbons (Fsp3) is 0.0476. The molecule has 0 aliphatic heterocycles. The Kier molecular flexibility index (Phi) is 5.94. The van der Waals surface area contributed by atoms with Crippen LogP contribution in [0.25, 0.3) is 22.9 Å². The van der Waals surface area contributed by atoms with E-state index in [-0.39, 0.29) is 5.69 Å². The SMILES string of the molecule is COc1cccc(-c2csc(/C(C#N)=C\C=C\c3ccc([N+](=O)[O-])cc3)n2)c1. The quantitative estimate of drug-likeness (QED) is 0.245. The summed E-state index contributed by atoms with van der Waals surface area (Å²) in [6, 6.07) is 15.9. The van der Waals surface area contributed by atoms with Crippen LogP contribution < -0.4 is 4.74 Å². The summed E-state index contributed by atoms with van der Waals surface area (Å²) in [5, 5.41) is 22.7. The molecular weight excluding hydrogens is 374 g/mol. The molecule has 0 aliphatic rings. The molecule has 28 heavy (non-hydrogen) atoms. The molecule has 0 bridgehead atoms.